The maximum Gasteiger partial charge on any atom is 0.472 e. The molecule has 3 unspecified atom stereocenters. The highest BCUT2D eigenvalue weighted by Gasteiger charge is 2.27. The van der Waals surface area contributed by atoms with Crippen LogP contribution >= 0.6 is 7.82 Å². The lowest BCUT2D eigenvalue weighted by Gasteiger charge is -2.20. The third-order valence-corrected chi connectivity index (χ3v) is 9.08. The fraction of sp³-hybridized carbons (Fsp3) is 0.542. The summed E-state index contributed by atoms with van der Waals surface area (Å²) >= 11 is 0. The van der Waals surface area contributed by atoms with Gasteiger partial charge in [0.2, 0.25) is 0 Å². The zero-order valence-corrected chi connectivity index (χ0v) is 36.8. The zero-order chi connectivity index (χ0) is 43.3. The lowest BCUT2D eigenvalue weighted by molar-refractivity contribution is -0.161. The van der Waals surface area contributed by atoms with E-state index in [4.69, 9.17) is 19.1 Å². The number of unbranched alkanes of at least 4 members (excludes halogenated alkanes) is 4. The molecule has 10 nitrogen and oxygen atoms in total. The fourth-order valence-corrected chi connectivity index (χ4v) is 5.68. The molecule has 0 rings (SSSR count). The molecule has 0 radical (unpaired) electrons. The molecule has 0 spiro atoms. The molecule has 0 saturated carbocycles. The first-order chi connectivity index (χ1) is 28.7. The number of phosphoric acid groups is 1. The number of phosphoric ester groups is 1. The normalized spacial score (nSPS) is 15.0. The van der Waals surface area contributed by atoms with Gasteiger partial charge in [0.25, 0.3) is 0 Å². The van der Waals surface area contributed by atoms with Crippen LogP contribution in [0.1, 0.15) is 129 Å². The summed E-state index contributed by atoms with van der Waals surface area (Å²) in [5.74, 6) is -1.07. The number of aliphatic hydroxyl groups is 2. The number of rotatable bonds is 38. The predicted octanol–water partition coefficient (Wildman–Crippen LogP) is 11.6. The van der Waals surface area contributed by atoms with Crippen LogP contribution < -0.4 is 0 Å². The van der Waals surface area contributed by atoms with Crippen molar-refractivity contribution < 1.29 is 47.8 Å². The average Bonchev–Trinajstić information content (AvgIpc) is 3.22. The van der Waals surface area contributed by atoms with Crippen LogP contribution in [0.25, 0.3) is 0 Å². The van der Waals surface area contributed by atoms with Gasteiger partial charge >= 0.3 is 19.8 Å². The van der Waals surface area contributed by atoms with Gasteiger partial charge in [-0.05, 0) is 89.9 Å². The minimum atomic E-state index is -4.65. The molecule has 0 aliphatic carbocycles. The number of hydrogen-bond acceptors (Lipinski definition) is 9. The first-order valence-corrected chi connectivity index (χ1v) is 23.0. The summed E-state index contributed by atoms with van der Waals surface area (Å²) in [6.07, 6.45) is 54.6. The lowest BCUT2D eigenvalue weighted by atomic mass is 10.1. The summed E-state index contributed by atoms with van der Waals surface area (Å²) in [4.78, 5) is 35.0. The molecule has 11 heteroatoms. The Morgan fingerprint density at radius 3 is 1.37 bits per heavy atom. The van der Waals surface area contributed by atoms with Crippen LogP contribution in [0.3, 0.4) is 0 Å². The van der Waals surface area contributed by atoms with Crippen molar-refractivity contribution in [3.63, 3.8) is 0 Å². The number of carbonyl (C=O) groups is 2. The molecule has 0 bridgehead atoms. The Morgan fingerprint density at radius 1 is 0.508 bits per heavy atom. The maximum absolute atomic E-state index is 12.6. The SMILES string of the molecule is CCC=CCC=CCC=CCC=CCC=CCC=CCCC(=O)OC(COC(=O)CCCCCCC=CCC=CCC=CCC=CCC)COP(=O)(O)OCC(O)CO. The van der Waals surface area contributed by atoms with Crippen molar-refractivity contribution in [2.45, 2.75) is 142 Å². The number of esters is 2. The van der Waals surface area contributed by atoms with Crippen LogP contribution in [0.4, 0.5) is 0 Å². The zero-order valence-electron chi connectivity index (χ0n) is 35.9. The van der Waals surface area contributed by atoms with Crippen LogP contribution in [-0.2, 0) is 32.7 Å². The van der Waals surface area contributed by atoms with E-state index in [1.807, 2.05) is 12.2 Å². The Bertz CT molecular complexity index is 1390. The molecule has 332 valence electrons. The summed E-state index contributed by atoms with van der Waals surface area (Å²) in [6.45, 7) is 2.00. The van der Waals surface area contributed by atoms with E-state index >= 15 is 0 Å². The molecule has 0 aromatic rings. The van der Waals surface area contributed by atoms with Crippen LogP contribution in [0.5, 0.6) is 0 Å². The van der Waals surface area contributed by atoms with E-state index < -0.39 is 51.8 Å². The van der Waals surface area contributed by atoms with Gasteiger partial charge in [-0.2, -0.15) is 0 Å². The molecule has 0 aliphatic heterocycles. The number of hydrogen-bond donors (Lipinski definition) is 3. The first kappa shape index (κ1) is 55.4. The van der Waals surface area contributed by atoms with Crippen LogP contribution in [-0.4, -0.2) is 65.7 Å². The summed E-state index contributed by atoms with van der Waals surface area (Å²) in [6, 6.07) is 0. The molecule has 0 aromatic carbocycles. The monoisotopic (exact) mass is 843 g/mol. The van der Waals surface area contributed by atoms with Crippen molar-refractivity contribution in [2.75, 3.05) is 26.4 Å². The Balaban J connectivity index is 4.50. The summed E-state index contributed by atoms with van der Waals surface area (Å²) < 4.78 is 32.6. The number of carbonyl (C=O) groups excluding carboxylic acids is 2. The van der Waals surface area contributed by atoms with Crippen molar-refractivity contribution in [1.29, 1.82) is 0 Å². The highest BCUT2D eigenvalue weighted by atomic mass is 31.2. The molecule has 0 amide bonds. The quantitative estimate of drug-likeness (QED) is 0.0237. The number of allylic oxidation sites excluding steroid dienone is 20. The second-order valence-corrected chi connectivity index (χ2v) is 15.1. The van der Waals surface area contributed by atoms with E-state index in [-0.39, 0.29) is 19.4 Å². The van der Waals surface area contributed by atoms with Crippen LogP contribution in [0.15, 0.2) is 122 Å². The molecular weight excluding hydrogens is 767 g/mol. The lowest BCUT2D eigenvalue weighted by Crippen LogP contribution is -2.29. The molecular formula is C48H75O10P. The minimum absolute atomic E-state index is 0.0451. The highest BCUT2D eigenvalue weighted by Crippen LogP contribution is 2.43. The third kappa shape index (κ3) is 42.3. The summed E-state index contributed by atoms with van der Waals surface area (Å²) in [5.41, 5.74) is 0. The Kier molecular flexibility index (Phi) is 39.9. The van der Waals surface area contributed by atoms with Crippen LogP contribution in [0.2, 0.25) is 0 Å². The second kappa shape index (κ2) is 42.5. The second-order valence-electron chi connectivity index (χ2n) is 13.6. The molecule has 0 heterocycles. The van der Waals surface area contributed by atoms with Crippen LogP contribution in [0, 0.1) is 0 Å². The largest absolute Gasteiger partial charge is 0.472 e. The van der Waals surface area contributed by atoms with Crippen molar-refractivity contribution >= 4 is 19.8 Å². The maximum atomic E-state index is 12.6. The van der Waals surface area contributed by atoms with Gasteiger partial charge in [-0.25, -0.2) is 4.57 Å². The van der Waals surface area contributed by atoms with E-state index in [0.29, 0.717) is 12.8 Å². The van der Waals surface area contributed by atoms with E-state index in [0.717, 1.165) is 89.9 Å². The number of ether oxygens (including phenoxy) is 2. The fourth-order valence-electron chi connectivity index (χ4n) is 4.89. The van der Waals surface area contributed by atoms with Gasteiger partial charge in [0.1, 0.15) is 12.7 Å². The summed E-state index contributed by atoms with van der Waals surface area (Å²) in [7, 11) is -4.65. The van der Waals surface area contributed by atoms with E-state index in [1.165, 1.54) is 0 Å². The van der Waals surface area contributed by atoms with E-state index in [1.54, 1.807) is 0 Å². The van der Waals surface area contributed by atoms with Crippen molar-refractivity contribution in [3.05, 3.63) is 122 Å². The standard InChI is InChI=1S/C48H75O10P/c1-3-5-7-9-11-13-15-17-19-21-22-24-26-28-30-32-34-36-38-40-48(52)58-46(44-57-59(53,54)56-42-45(50)41-49)43-55-47(51)39-37-35-33-31-29-27-25-23-20-18-16-14-12-10-8-6-4-2/h5-8,11-14,17-20,22,24-25,27-28,30,34,36,45-46,49-50H,3-4,9-10,15-16,21,23,26,29,31-33,35,37-44H2,1-2H3,(H,53,54). The molecule has 0 aromatic heterocycles. The predicted molar refractivity (Wildman–Crippen MR) is 242 cm³/mol. The minimum Gasteiger partial charge on any atom is -0.462 e. The number of aliphatic hydroxyl groups excluding tert-OH is 2. The van der Waals surface area contributed by atoms with Gasteiger partial charge in [-0.3, -0.25) is 18.6 Å². The van der Waals surface area contributed by atoms with Gasteiger partial charge in [-0.1, -0.05) is 148 Å². The summed E-state index contributed by atoms with van der Waals surface area (Å²) in [5, 5.41) is 18.3. The van der Waals surface area contributed by atoms with Gasteiger partial charge in [0.15, 0.2) is 6.10 Å². The molecule has 59 heavy (non-hydrogen) atoms. The highest BCUT2D eigenvalue weighted by molar-refractivity contribution is 7.47. The average molecular weight is 843 g/mol. The molecule has 0 saturated heterocycles. The van der Waals surface area contributed by atoms with Crippen molar-refractivity contribution in [3.8, 4) is 0 Å². The van der Waals surface area contributed by atoms with E-state index in [2.05, 4.69) is 128 Å². The molecule has 0 fully saturated rings. The molecule has 3 atom stereocenters. The Morgan fingerprint density at radius 2 is 0.915 bits per heavy atom. The topological polar surface area (TPSA) is 149 Å². The van der Waals surface area contributed by atoms with Crippen molar-refractivity contribution in [2.24, 2.45) is 0 Å². The first-order valence-electron chi connectivity index (χ1n) is 21.5. The molecule has 3 N–H and O–H groups in total. The van der Waals surface area contributed by atoms with Gasteiger partial charge in [0, 0.05) is 12.8 Å². The van der Waals surface area contributed by atoms with Gasteiger partial charge in [-0.15, -0.1) is 0 Å². The smallest absolute Gasteiger partial charge is 0.462 e. The Hall–Kier alpha value is -3.63. The Labute approximate surface area is 356 Å². The third-order valence-electron chi connectivity index (χ3n) is 8.12. The van der Waals surface area contributed by atoms with E-state index in [9.17, 15) is 24.2 Å². The van der Waals surface area contributed by atoms with Gasteiger partial charge in [0.05, 0.1) is 19.8 Å². The van der Waals surface area contributed by atoms with Crippen molar-refractivity contribution in [1.82, 2.24) is 0 Å². The molecule has 0 aliphatic rings. The van der Waals surface area contributed by atoms with Gasteiger partial charge < -0.3 is 24.6 Å².